The molecule has 0 saturated heterocycles. The van der Waals surface area contributed by atoms with Crippen LogP contribution in [0.4, 0.5) is 0 Å². The molecule has 229 valence electrons. The molecule has 0 aliphatic heterocycles. The second-order valence-corrected chi connectivity index (χ2v) is 39.3. The van der Waals surface area contributed by atoms with Gasteiger partial charge >= 0.3 is 270 Å². The fraction of sp³-hybridized carbons (Fsp3) is 0.143. The van der Waals surface area contributed by atoms with Crippen molar-refractivity contribution in [1.29, 1.82) is 0 Å². The van der Waals surface area contributed by atoms with Gasteiger partial charge in [0, 0.05) is 0 Å². The van der Waals surface area contributed by atoms with Crippen LogP contribution in [-0.2, 0) is 31.4 Å². The van der Waals surface area contributed by atoms with E-state index in [1.807, 2.05) is 0 Å². The number of fused-ring (bicyclic) bond motifs is 4. The number of halogens is 2. The minimum atomic E-state index is -2.83. The van der Waals surface area contributed by atoms with Gasteiger partial charge in [-0.3, -0.25) is 0 Å². The van der Waals surface area contributed by atoms with Crippen molar-refractivity contribution in [3.05, 3.63) is 165 Å². The molecule has 4 heteroatoms. The van der Waals surface area contributed by atoms with Crippen LogP contribution in [0.15, 0.2) is 133 Å². The van der Waals surface area contributed by atoms with Crippen molar-refractivity contribution < 1.29 is 20.6 Å². The number of rotatable bonds is 5. The van der Waals surface area contributed by atoms with Gasteiger partial charge in [0.05, 0.1) is 0 Å². The standard InChI is InChI=1S/2C20H15.C2H7Si.2ClH.Hf/c2*1-20(13-16-8-2-3-9-17(16)14-20)19-12-6-10-15-7-4-5-11-18(15)19;1-3-2;;;/h2*2-13H,1H3;3H,1-2H3;2*1H;. The first-order valence-electron chi connectivity index (χ1n) is 15.9. The van der Waals surface area contributed by atoms with E-state index in [9.17, 15) is 0 Å². The summed E-state index contributed by atoms with van der Waals surface area (Å²) >= 11 is -2.83. The Balaban J connectivity index is 0.00000186. The van der Waals surface area contributed by atoms with Gasteiger partial charge in [0.25, 0.3) is 0 Å². The average molecular weight is 821 g/mol. The molecule has 0 amide bonds. The minimum absolute atomic E-state index is 0. The molecule has 0 spiro atoms. The second kappa shape index (κ2) is 12.5. The fourth-order valence-electron chi connectivity index (χ4n) is 8.36. The fourth-order valence-corrected chi connectivity index (χ4v) is 39.5. The van der Waals surface area contributed by atoms with Crippen molar-refractivity contribution in [3.63, 3.8) is 0 Å². The van der Waals surface area contributed by atoms with Crippen LogP contribution in [0, 0.1) is 0 Å². The Labute approximate surface area is 292 Å². The van der Waals surface area contributed by atoms with E-state index >= 15 is 0 Å². The molecule has 8 rings (SSSR count). The number of benzene rings is 6. The van der Waals surface area contributed by atoms with E-state index in [0.29, 0.717) is 0 Å². The molecular formula is C42H39Cl2HfSi. The van der Waals surface area contributed by atoms with Crippen molar-refractivity contribution in [2.24, 2.45) is 0 Å². The molecular weight excluding hydrogens is 782 g/mol. The van der Waals surface area contributed by atoms with Gasteiger partial charge < -0.3 is 0 Å². The molecule has 46 heavy (non-hydrogen) atoms. The Morgan fingerprint density at radius 1 is 0.457 bits per heavy atom. The largest absolute Gasteiger partial charge is 0.147 e. The van der Waals surface area contributed by atoms with Gasteiger partial charge in [0.2, 0.25) is 0 Å². The topological polar surface area (TPSA) is 0 Å². The molecule has 2 aliphatic carbocycles. The van der Waals surface area contributed by atoms with Crippen LogP contribution >= 0.6 is 24.8 Å². The van der Waals surface area contributed by atoms with Crippen LogP contribution in [0.5, 0.6) is 0 Å². The summed E-state index contributed by atoms with van der Waals surface area (Å²) < 4.78 is 3.59. The van der Waals surface area contributed by atoms with Crippen LogP contribution in [0.2, 0.25) is 13.1 Å². The smallest absolute Gasteiger partial charge is 0.147 e. The molecule has 0 saturated carbocycles. The van der Waals surface area contributed by atoms with E-state index in [-0.39, 0.29) is 35.6 Å². The Morgan fingerprint density at radius 2 is 0.826 bits per heavy atom. The Kier molecular flexibility index (Phi) is 8.97. The van der Waals surface area contributed by atoms with Crippen molar-refractivity contribution in [2.45, 2.75) is 37.8 Å². The van der Waals surface area contributed by atoms with Crippen LogP contribution in [0.1, 0.15) is 25.0 Å². The maximum atomic E-state index is 2.66. The van der Waals surface area contributed by atoms with E-state index in [4.69, 9.17) is 0 Å². The quantitative estimate of drug-likeness (QED) is 0.156. The summed E-state index contributed by atoms with van der Waals surface area (Å²) in [5, 5.41) is 11.3. The summed E-state index contributed by atoms with van der Waals surface area (Å²) in [7, 11) is 0. The minimum Gasteiger partial charge on any atom is -0.147 e. The Morgan fingerprint density at radius 3 is 1.26 bits per heavy atom. The molecule has 0 radical (unpaired) electrons. The number of hydrogen-bond donors (Lipinski definition) is 0. The predicted molar refractivity (Wildman–Crippen MR) is 203 cm³/mol. The summed E-state index contributed by atoms with van der Waals surface area (Å²) in [6.07, 6.45) is 5.25. The molecule has 0 nitrogen and oxygen atoms in total. The van der Waals surface area contributed by atoms with E-state index in [2.05, 4.69) is 173 Å². The summed E-state index contributed by atoms with van der Waals surface area (Å²) in [6.45, 7) is 10.4. The third-order valence-corrected chi connectivity index (χ3v) is 38.1. The van der Waals surface area contributed by atoms with Crippen LogP contribution in [0.3, 0.4) is 0 Å². The first-order valence-corrected chi connectivity index (χ1v) is 28.6. The third-order valence-electron chi connectivity index (χ3n) is 10.2. The van der Waals surface area contributed by atoms with Gasteiger partial charge in [-0.25, -0.2) is 0 Å². The molecule has 0 N–H and O–H groups in total. The summed E-state index contributed by atoms with van der Waals surface area (Å²) in [5.74, 6) is -1.15. The Hall–Kier alpha value is -3.01. The molecule has 0 aromatic heterocycles. The molecule has 6 aromatic carbocycles. The summed E-state index contributed by atoms with van der Waals surface area (Å²) in [5.41, 5.74) is 2.63. The van der Waals surface area contributed by atoms with Crippen molar-refractivity contribution >= 4 is 71.2 Å². The zero-order chi connectivity index (χ0) is 30.1. The van der Waals surface area contributed by atoms with Crippen molar-refractivity contribution in [3.8, 4) is 0 Å². The van der Waals surface area contributed by atoms with Crippen molar-refractivity contribution in [1.82, 2.24) is 0 Å². The normalized spacial score (nSPS) is 19.6. The zero-order valence-corrected chi connectivity index (χ0v) is 33.1. The summed E-state index contributed by atoms with van der Waals surface area (Å²) in [6, 6.07) is 50.6. The third kappa shape index (κ3) is 4.96. The van der Waals surface area contributed by atoms with Crippen molar-refractivity contribution in [2.75, 3.05) is 0 Å². The van der Waals surface area contributed by atoms with E-state index in [1.165, 1.54) is 53.5 Å². The van der Waals surface area contributed by atoms with Gasteiger partial charge in [-0.1, -0.05) is 0 Å². The molecule has 6 aromatic rings. The van der Waals surface area contributed by atoms with E-state index in [1.54, 1.807) is 6.66 Å². The second-order valence-electron chi connectivity index (χ2n) is 13.2. The molecule has 2 unspecified atom stereocenters. The van der Waals surface area contributed by atoms with E-state index < -0.39 is 26.6 Å². The first kappa shape index (κ1) is 32.9. The number of hydrogen-bond acceptors (Lipinski definition) is 0. The van der Waals surface area contributed by atoms with Crippen LogP contribution in [-0.4, -0.2) is 5.98 Å². The SMILES string of the molecule is C[SiH](C)[Hf]([C]1=c2ccccc2=CC1(C)c1cccc2ccccc12)[C]1=c2ccccc2=CC1(C)c1cccc2ccccc12.Cl.Cl. The molecule has 2 atom stereocenters. The summed E-state index contributed by atoms with van der Waals surface area (Å²) in [4.78, 5) is 0. The van der Waals surface area contributed by atoms with Gasteiger partial charge in [-0.15, -0.1) is 24.8 Å². The van der Waals surface area contributed by atoms with Crippen LogP contribution in [0.25, 0.3) is 40.4 Å². The van der Waals surface area contributed by atoms with Gasteiger partial charge in [0.15, 0.2) is 0 Å². The molecule has 0 heterocycles. The Bertz CT molecular complexity index is 2200. The molecule has 0 bridgehead atoms. The molecule has 0 fully saturated rings. The van der Waals surface area contributed by atoms with Gasteiger partial charge in [-0.2, -0.15) is 0 Å². The predicted octanol–water partition coefficient (Wildman–Crippen LogP) is 7.86. The maximum Gasteiger partial charge on any atom is -0.147 e. The molecule has 2 aliphatic rings. The average Bonchev–Trinajstić information content (AvgIpc) is 3.52. The van der Waals surface area contributed by atoms with Crippen LogP contribution < -0.4 is 20.9 Å². The maximum absolute atomic E-state index is 2.83. The monoisotopic (exact) mass is 821 g/mol. The van der Waals surface area contributed by atoms with Gasteiger partial charge in [-0.05, 0) is 0 Å². The zero-order valence-electron chi connectivity index (χ0n) is 26.8. The first-order chi connectivity index (χ1) is 21.4. The van der Waals surface area contributed by atoms with E-state index in [0.717, 1.165) is 0 Å². The van der Waals surface area contributed by atoms with Gasteiger partial charge in [0.1, 0.15) is 0 Å².